The Morgan fingerprint density at radius 1 is 1.03 bits per heavy atom. The van der Waals surface area contributed by atoms with Crippen LogP contribution in [0.1, 0.15) is 11.9 Å². The Morgan fingerprint density at radius 3 is 2.50 bits per heavy atom. The molecule has 9 nitrogen and oxygen atoms in total. The number of benzene rings is 3. The number of nitrogens with zero attached hydrogens (tertiary/aromatic N) is 4. The van der Waals surface area contributed by atoms with Crippen molar-refractivity contribution in [2.75, 3.05) is 25.5 Å². The van der Waals surface area contributed by atoms with Crippen LogP contribution in [0.15, 0.2) is 66.7 Å². The van der Waals surface area contributed by atoms with Gasteiger partial charge in [0.05, 0.1) is 16.6 Å². The number of carbonyl (C=O) groups excluding carboxylic acids is 1. The summed E-state index contributed by atoms with van der Waals surface area (Å²) in [4.78, 5) is 14.5. The van der Waals surface area contributed by atoms with Crippen molar-refractivity contribution < 1.29 is 14.3 Å². The highest BCUT2D eigenvalue weighted by Gasteiger charge is 2.24. The van der Waals surface area contributed by atoms with Crippen LogP contribution >= 0.6 is 34.8 Å². The second-order valence-electron chi connectivity index (χ2n) is 7.69. The number of likely N-dealkylation sites (N-methyl/N-ethyl adjacent to an activating group) is 1. The van der Waals surface area contributed by atoms with E-state index in [0.717, 1.165) is 0 Å². The van der Waals surface area contributed by atoms with Crippen molar-refractivity contribution in [3.8, 4) is 17.2 Å². The second kappa shape index (κ2) is 12.0. The predicted octanol–water partition coefficient (Wildman–Crippen LogP) is 5.64. The van der Waals surface area contributed by atoms with Crippen LogP contribution in [0.5, 0.6) is 17.2 Å². The summed E-state index contributed by atoms with van der Waals surface area (Å²) in [6.07, 6.45) is 0. The second-order valence-corrected chi connectivity index (χ2v) is 8.94. The van der Waals surface area contributed by atoms with E-state index in [1.165, 1.54) is 0 Å². The monoisotopic (exact) mass is 546 g/mol. The fourth-order valence-corrected chi connectivity index (χ4v) is 3.80. The molecule has 1 amide bonds. The number of H-pyrrole nitrogens is 1. The standard InChI is InChI=1S/C24H21Cl3N6O3/c1-33(20(24-29-31-32-30-24)14-35-21-5-3-2-4-18(21)26)13-23(34)28-16-8-11-22(19(27)12-16)36-17-9-6-15(25)7-10-17/h2-12,20H,13-14H2,1H3,(H,28,34)(H,29,30,31,32). The van der Waals surface area contributed by atoms with Gasteiger partial charge in [-0.2, -0.15) is 5.21 Å². The van der Waals surface area contributed by atoms with Gasteiger partial charge < -0.3 is 14.8 Å². The molecule has 0 spiro atoms. The summed E-state index contributed by atoms with van der Waals surface area (Å²) in [5.74, 6) is 1.66. The Morgan fingerprint density at radius 2 is 1.81 bits per heavy atom. The molecule has 0 aliphatic carbocycles. The SMILES string of the molecule is CN(CC(=O)Nc1ccc(Oc2ccc(Cl)cc2)c(Cl)c1)C(COc1ccccc1Cl)c1nn[nH]n1. The first-order valence-electron chi connectivity index (χ1n) is 10.7. The van der Waals surface area contributed by atoms with Gasteiger partial charge in [0.2, 0.25) is 5.91 Å². The van der Waals surface area contributed by atoms with Gasteiger partial charge in [0.15, 0.2) is 5.82 Å². The van der Waals surface area contributed by atoms with Gasteiger partial charge in [0.1, 0.15) is 29.9 Å². The number of amides is 1. The lowest BCUT2D eigenvalue weighted by atomic mass is 10.2. The third-order valence-electron chi connectivity index (χ3n) is 5.08. The molecule has 0 saturated heterocycles. The van der Waals surface area contributed by atoms with Crippen molar-refractivity contribution in [3.63, 3.8) is 0 Å². The number of hydrogen-bond donors (Lipinski definition) is 2. The van der Waals surface area contributed by atoms with E-state index >= 15 is 0 Å². The van der Waals surface area contributed by atoms with Crippen molar-refractivity contribution >= 4 is 46.4 Å². The zero-order valence-corrected chi connectivity index (χ0v) is 21.3. The minimum absolute atomic E-state index is 0.0196. The Balaban J connectivity index is 1.38. The van der Waals surface area contributed by atoms with Crippen LogP contribution in [0.4, 0.5) is 5.69 Å². The van der Waals surface area contributed by atoms with Crippen molar-refractivity contribution in [2.24, 2.45) is 0 Å². The van der Waals surface area contributed by atoms with E-state index < -0.39 is 6.04 Å². The summed E-state index contributed by atoms with van der Waals surface area (Å²) >= 11 is 18.4. The van der Waals surface area contributed by atoms with Gasteiger partial charge in [-0.3, -0.25) is 9.69 Å². The number of aromatic nitrogens is 4. The molecule has 0 bridgehead atoms. The molecular weight excluding hydrogens is 527 g/mol. The van der Waals surface area contributed by atoms with Crippen LogP contribution in [0.2, 0.25) is 15.1 Å². The third kappa shape index (κ3) is 6.86. The van der Waals surface area contributed by atoms with Gasteiger partial charge in [0.25, 0.3) is 0 Å². The molecule has 3 aromatic carbocycles. The summed E-state index contributed by atoms with van der Waals surface area (Å²) in [7, 11) is 1.76. The first-order valence-corrected chi connectivity index (χ1v) is 11.9. The van der Waals surface area contributed by atoms with Gasteiger partial charge in [-0.25, -0.2) is 0 Å². The number of halogens is 3. The summed E-state index contributed by atoms with van der Waals surface area (Å²) in [5.41, 5.74) is 0.519. The van der Waals surface area contributed by atoms with Gasteiger partial charge in [-0.05, 0) is 61.6 Å². The Hall–Kier alpha value is -3.37. The van der Waals surface area contributed by atoms with Crippen molar-refractivity contribution in [1.82, 2.24) is 25.5 Å². The molecule has 36 heavy (non-hydrogen) atoms. The van der Waals surface area contributed by atoms with Gasteiger partial charge in [0, 0.05) is 10.7 Å². The molecule has 1 aromatic heterocycles. The summed E-state index contributed by atoms with van der Waals surface area (Å²) in [6, 6.07) is 18.5. The predicted molar refractivity (Wildman–Crippen MR) is 138 cm³/mol. The Labute approximate surface area is 222 Å². The summed E-state index contributed by atoms with van der Waals surface area (Å²) in [5, 5.41) is 18.4. The minimum atomic E-state index is -0.468. The maximum absolute atomic E-state index is 12.8. The van der Waals surface area contributed by atoms with Crippen LogP contribution in [0.3, 0.4) is 0 Å². The van der Waals surface area contributed by atoms with Crippen LogP contribution in [0.25, 0.3) is 0 Å². The molecule has 0 aliphatic heterocycles. The molecule has 186 valence electrons. The molecule has 0 fully saturated rings. The third-order valence-corrected chi connectivity index (χ3v) is 5.93. The molecule has 4 aromatic rings. The molecule has 0 radical (unpaired) electrons. The van der Waals surface area contributed by atoms with Crippen LogP contribution in [-0.4, -0.2) is 51.6 Å². The Bertz CT molecular complexity index is 1300. The average molecular weight is 548 g/mol. The van der Waals surface area contributed by atoms with Gasteiger partial charge >= 0.3 is 0 Å². The van der Waals surface area contributed by atoms with E-state index in [1.807, 2.05) is 12.1 Å². The lowest BCUT2D eigenvalue weighted by molar-refractivity contribution is -0.117. The van der Waals surface area contributed by atoms with E-state index in [1.54, 1.807) is 66.5 Å². The molecule has 1 unspecified atom stereocenters. The molecule has 2 N–H and O–H groups in total. The largest absolute Gasteiger partial charge is 0.490 e. The topological polar surface area (TPSA) is 105 Å². The van der Waals surface area contributed by atoms with Crippen LogP contribution in [0, 0.1) is 0 Å². The fourth-order valence-electron chi connectivity index (χ4n) is 3.27. The number of ether oxygens (including phenoxy) is 2. The molecular formula is C24H21Cl3N6O3. The average Bonchev–Trinajstić information content (AvgIpc) is 3.38. The number of rotatable bonds is 10. The van der Waals surface area contributed by atoms with Crippen LogP contribution in [-0.2, 0) is 4.79 Å². The van der Waals surface area contributed by atoms with E-state index in [-0.39, 0.29) is 19.1 Å². The van der Waals surface area contributed by atoms with Crippen LogP contribution < -0.4 is 14.8 Å². The molecule has 12 heteroatoms. The highest BCUT2D eigenvalue weighted by Crippen LogP contribution is 2.32. The van der Waals surface area contributed by atoms with Gasteiger partial charge in [-0.15, -0.1) is 10.2 Å². The number of aromatic amines is 1. The van der Waals surface area contributed by atoms with Crippen molar-refractivity contribution in [1.29, 1.82) is 0 Å². The highest BCUT2D eigenvalue weighted by molar-refractivity contribution is 6.32. The molecule has 4 rings (SSSR count). The van der Waals surface area contributed by atoms with Gasteiger partial charge in [-0.1, -0.05) is 52.1 Å². The quantitative estimate of drug-likeness (QED) is 0.265. The molecule has 0 saturated carbocycles. The number of carbonyl (C=O) groups is 1. The smallest absolute Gasteiger partial charge is 0.238 e. The molecule has 1 heterocycles. The molecule has 1 atom stereocenters. The fraction of sp³-hybridized carbons (Fsp3) is 0.167. The lowest BCUT2D eigenvalue weighted by Gasteiger charge is -2.25. The zero-order valence-electron chi connectivity index (χ0n) is 19.0. The van der Waals surface area contributed by atoms with E-state index in [2.05, 4.69) is 25.9 Å². The maximum Gasteiger partial charge on any atom is 0.238 e. The summed E-state index contributed by atoms with van der Waals surface area (Å²) in [6.45, 7) is 0.168. The molecule has 0 aliphatic rings. The van der Waals surface area contributed by atoms with Crippen molar-refractivity contribution in [2.45, 2.75) is 6.04 Å². The van der Waals surface area contributed by atoms with E-state index in [4.69, 9.17) is 44.3 Å². The Kier molecular flexibility index (Phi) is 8.61. The number of tetrazole rings is 1. The normalized spacial score (nSPS) is 11.8. The lowest BCUT2D eigenvalue weighted by Crippen LogP contribution is -2.36. The zero-order chi connectivity index (χ0) is 25.5. The minimum Gasteiger partial charge on any atom is -0.490 e. The number of anilines is 1. The van der Waals surface area contributed by atoms with E-state index in [0.29, 0.717) is 43.8 Å². The highest BCUT2D eigenvalue weighted by atomic mass is 35.5. The first kappa shape index (κ1) is 25.7. The number of para-hydroxylation sites is 1. The van der Waals surface area contributed by atoms with Crippen molar-refractivity contribution in [3.05, 3.63) is 87.6 Å². The number of nitrogens with one attached hydrogen (secondary N) is 2. The number of hydrogen-bond acceptors (Lipinski definition) is 7. The first-order chi connectivity index (χ1) is 17.4. The summed E-state index contributed by atoms with van der Waals surface area (Å²) < 4.78 is 11.6. The van der Waals surface area contributed by atoms with E-state index in [9.17, 15) is 4.79 Å². The maximum atomic E-state index is 12.8.